The molecule has 0 bridgehead atoms. The molecule has 0 radical (unpaired) electrons. The summed E-state index contributed by atoms with van der Waals surface area (Å²) in [7, 11) is 2.14. The highest BCUT2D eigenvalue weighted by molar-refractivity contribution is 7.99. The molecule has 2 N–H and O–H groups in total. The number of hydrazone groups is 1. The molecule has 2 aromatic carbocycles. The zero-order chi connectivity index (χ0) is 28.9. The molecule has 41 heavy (non-hydrogen) atoms. The maximum absolute atomic E-state index is 14.9. The van der Waals surface area contributed by atoms with E-state index in [0.717, 1.165) is 67.2 Å². The Morgan fingerprint density at radius 2 is 1.78 bits per heavy atom. The van der Waals surface area contributed by atoms with Gasteiger partial charge in [0.25, 0.3) is 0 Å². The number of anilines is 4. The number of piperazine rings is 1. The highest BCUT2D eigenvalue weighted by Gasteiger charge is 2.18. The first-order chi connectivity index (χ1) is 19.8. The molecule has 2 saturated heterocycles. The molecule has 1 aromatic heterocycles. The Kier molecular flexibility index (Phi) is 9.82. The van der Waals surface area contributed by atoms with Gasteiger partial charge in [0.2, 0.25) is 5.95 Å². The summed E-state index contributed by atoms with van der Waals surface area (Å²) >= 11 is 14.7. The van der Waals surface area contributed by atoms with Crippen LogP contribution in [0.25, 0.3) is 0 Å². The third-order valence-electron chi connectivity index (χ3n) is 7.08. The molecule has 0 unspecified atom stereocenters. The average Bonchev–Trinajstić information content (AvgIpc) is 2.96. The largest absolute Gasteiger partial charge is 0.354 e. The summed E-state index contributed by atoms with van der Waals surface area (Å²) < 4.78 is 29.2. The molecule has 0 saturated carbocycles. The van der Waals surface area contributed by atoms with Crippen molar-refractivity contribution in [3.63, 3.8) is 0 Å². The van der Waals surface area contributed by atoms with Crippen LogP contribution in [-0.2, 0) is 6.54 Å². The number of nitrogens with zero attached hydrogens (tertiary/aromatic N) is 6. The van der Waals surface area contributed by atoms with Crippen molar-refractivity contribution in [2.75, 3.05) is 73.5 Å². The van der Waals surface area contributed by atoms with Crippen molar-refractivity contribution in [2.45, 2.75) is 13.5 Å². The van der Waals surface area contributed by atoms with Crippen LogP contribution < -0.4 is 15.6 Å². The van der Waals surface area contributed by atoms with Gasteiger partial charge in [0.1, 0.15) is 0 Å². The standard InChI is InChI=1S/C28H32Cl2F2N8S/c1-18-11-19(17-39-5-3-38(2)4-6-39)12-23(30)26(18)35-21-13-20(25(32)22(29)14-21)15-34-37-28-33-16-24(31)27(36-28)40-7-9-41-10-8-40/h11-16,35H,3-10,17H2,1-2H3,(H,33,36,37)/b34-15+. The van der Waals surface area contributed by atoms with Crippen molar-refractivity contribution < 1.29 is 8.78 Å². The number of hydrogen-bond donors (Lipinski definition) is 2. The van der Waals surface area contributed by atoms with Gasteiger partial charge in [-0.1, -0.05) is 29.3 Å². The Morgan fingerprint density at radius 3 is 2.51 bits per heavy atom. The Morgan fingerprint density at radius 1 is 1.02 bits per heavy atom. The Hall–Kier alpha value is -2.70. The third-order valence-corrected chi connectivity index (χ3v) is 8.59. The number of benzene rings is 2. The van der Waals surface area contributed by atoms with E-state index in [2.05, 4.69) is 48.7 Å². The van der Waals surface area contributed by atoms with Crippen LogP contribution in [0.1, 0.15) is 16.7 Å². The second kappa shape index (κ2) is 13.5. The van der Waals surface area contributed by atoms with Gasteiger partial charge in [0, 0.05) is 68.6 Å². The molecule has 13 heteroatoms. The molecular weight excluding hydrogens is 589 g/mol. The van der Waals surface area contributed by atoms with Gasteiger partial charge < -0.3 is 15.1 Å². The minimum atomic E-state index is -0.625. The number of nitrogens with one attached hydrogen (secondary N) is 2. The van der Waals surface area contributed by atoms with Crippen LogP contribution in [0.3, 0.4) is 0 Å². The van der Waals surface area contributed by atoms with E-state index in [4.69, 9.17) is 23.2 Å². The summed E-state index contributed by atoms with van der Waals surface area (Å²) in [5, 5.41) is 7.87. The van der Waals surface area contributed by atoms with Crippen LogP contribution in [0, 0.1) is 18.6 Å². The minimum absolute atomic E-state index is 0.0693. The molecule has 5 rings (SSSR count). The fourth-order valence-electron chi connectivity index (χ4n) is 4.82. The molecule has 0 aliphatic carbocycles. The molecule has 218 valence electrons. The minimum Gasteiger partial charge on any atom is -0.354 e. The molecule has 3 aromatic rings. The van der Waals surface area contributed by atoms with Gasteiger partial charge in [0.05, 0.1) is 28.1 Å². The number of aryl methyl sites for hydroxylation is 1. The van der Waals surface area contributed by atoms with Crippen LogP contribution in [0.15, 0.2) is 35.6 Å². The fourth-order valence-corrected chi connectivity index (χ4v) is 6.28. The number of rotatable bonds is 8. The van der Waals surface area contributed by atoms with Crippen LogP contribution in [0.5, 0.6) is 0 Å². The van der Waals surface area contributed by atoms with Crippen LogP contribution in [-0.4, -0.2) is 83.8 Å². The summed E-state index contributed by atoms with van der Waals surface area (Å²) in [5.74, 6) is 1.01. The van der Waals surface area contributed by atoms with E-state index in [-0.39, 0.29) is 22.4 Å². The average molecular weight is 622 g/mol. The summed E-state index contributed by atoms with van der Waals surface area (Å²) in [5.41, 5.74) is 6.20. The molecule has 0 spiro atoms. The first-order valence-electron chi connectivity index (χ1n) is 13.4. The van der Waals surface area contributed by atoms with Crippen molar-refractivity contribution >= 4 is 64.3 Å². The van der Waals surface area contributed by atoms with E-state index in [1.807, 2.05) is 29.7 Å². The zero-order valence-corrected chi connectivity index (χ0v) is 25.3. The van der Waals surface area contributed by atoms with Gasteiger partial charge >= 0.3 is 0 Å². The first kappa shape index (κ1) is 29.8. The van der Waals surface area contributed by atoms with Crippen molar-refractivity contribution in [1.29, 1.82) is 0 Å². The van der Waals surface area contributed by atoms with Gasteiger partial charge in [-0.3, -0.25) is 4.90 Å². The van der Waals surface area contributed by atoms with Crippen molar-refractivity contribution in [1.82, 2.24) is 19.8 Å². The quantitative estimate of drug-likeness (QED) is 0.240. The lowest BCUT2D eigenvalue weighted by Crippen LogP contribution is -2.43. The summed E-state index contributed by atoms with van der Waals surface area (Å²) in [6.45, 7) is 8.36. The maximum atomic E-state index is 14.9. The van der Waals surface area contributed by atoms with Crippen molar-refractivity contribution in [3.8, 4) is 0 Å². The first-order valence-corrected chi connectivity index (χ1v) is 15.3. The second-order valence-corrected chi connectivity index (χ2v) is 12.2. The van der Waals surface area contributed by atoms with E-state index in [9.17, 15) is 8.78 Å². The summed E-state index contributed by atoms with van der Waals surface area (Å²) in [6, 6.07) is 7.17. The summed E-state index contributed by atoms with van der Waals surface area (Å²) in [6.07, 6.45) is 2.39. The maximum Gasteiger partial charge on any atom is 0.245 e. The smallest absolute Gasteiger partial charge is 0.245 e. The second-order valence-electron chi connectivity index (χ2n) is 10.2. The monoisotopic (exact) mass is 620 g/mol. The molecule has 3 heterocycles. The lowest BCUT2D eigenvalue weighted by atomic mass is 10.1. The number of hydrogen-bond acceptors (Lipinski definition) is 9. The van der Waals surface area contributed by atoms with Crippen molar-refractivity contribution in [3.05, 3.63) is 68.8 Å². The van der Waals surface area contributed by atoms with Gasteiger partial charge in [-0.05, 0) is 43.3 Å². The zero-order valence-electron chi connectivity index (χ0n) is 22.9. The van der Waals surface area contributed by atoms with Crippen molar-refractivity contribution in [2.24, 2.45) is 5.10 Å². The lowest BCUT2D eigenvalue weighted by Gasteiger charge is -2.32. The van der Waals surface area contributed by atoms with Crippen LogP contribution >= 0.6 is 35.0 Å². The van der Waals surface area contributed by atoms with E-state index >= 15 is 0 Å². The summed E-state index contributed by atoms with van der Waals surface area (Å²) in [4.78, 5) is 14.8. The molecule has 2 aliphatic heterocycles. The van der Waals surface area contributed by atoms with E-state index in [1.165, 1.54) is 12.3 Å². The predicted molar refractivity (Wildman–Crippen MR) is 166 cm³/mol. The van der Waals surface area contributed by atoms with Gasteiger partial charge in [-0.25, -0.2) is 19.2 Å². The van der Waals surface area contributed by atoms with E-state index in [1.54, 1.807) is 6.07 Å². The third kappa shape index (κ3) is 7.58. The SMILES string of the molecule is Cc1cc(CN2CCN(C)CC2)cc(Cl)c1Nc1cc(Cl)c(F)c(/C=N/Nc2ncc(F)c(N3CCSCC3)n2)c1. The number of halogens is 4. The number of likely N-dealkylation sites (N-methyl/N-ethyl adjacent to an activating group) is 1. The molecule has 2 aliphatic rings. The number of thioether (sulfide) groups is 1. The Labute approximate surface area is 253 Å². The Bertz CT molecular complexity index is 1390. The van der Waals surface area contributed by atoms with Gasteiger partial charge in [0.15, 0.2) is 17.5 Å². The van der Waals surface area contributed by atoms with Crippen LogP contribution in [0.2, 0.25) is 10.0 Å². The molecule has 0 amide bonds. The van der Waals surface area contributed by atoms with E-state index in [0.29, 0.717) is 23.8 Å². The Balaban J connectivity index is 1.28. The molecular formula is C28H32Cl2F2N8S. The lowest BCUT2D eigenvalue weighted by molar-refractivity contribution is 0.148. The molecule has 2 fully saturated rings. The highest BCUT2D eigenvalue weighted by atomic mass is 35.5. The van der Waals surface area contributed by atoms with E-state index < -0.39 is 11.6 Å². The normalized spacial score (nSPS) is 16.9. The van der Waals surface area contributed by atoms with Gasteiger partial charge in [-0.15, -0.1) is 0 Å². The van der Waals surface area contributed by atoms with Crippen LogP contribution in [0.4, 0.5) is 31.9 Å². The fraction of sp³-hybridized carbons (Fsp3) is 0.393. The number of aromatic nitrogens is 2. The predicted octanol–water partition coefficient (Wildman–Crippen LogP) is 5.86. The molecule has 8 nitrogen and oxygen atoms in total. The van der Waals surface area contributed by atoms with Gasteiger partial charge in [-0.2, -0.15) is 21.8 Å². The highest BCUT2D eigenvalue weighted by Crippen LogP contribution is 2.33. The topological polar surface area (TPSA) is 71.9 Å². The molecule has 0 atom stereocenters.